The summed E-state index contributed by atoms with van der Waals surface area (Å²) in [4.78, 5) is 108. The molecule has 4 aliphatic carbocycles. The highest BCUT2D eigenvalue weighted by Crippen LogP contribution is 2.68. The molecular weight excluding hydrogens is 1100 g/mol. The SMILES string of the molecule is CCCCCCC(=O)O[C@]1(CC)C(=O)OCc2c1cc1n(c2=O)Cc2cc3c(CN(C)C)c(OC(=O)N4CCN(CCCCCCN(C)c5ccc([C@H]6C[C@@]7(C)[C@@H](CC[C@]7(OC(C)=O)C(C)=O)[C@@H]7CCC8=CC(=O)CCC8=C76)cc5)CC4)ccc3nc2-1. The molecule has 2 aromatic heterocycles. The number of benzene rings is 2. The monoisotopic (exact) mass is 1190 g/mol. The Labute approximate surface area is 511 Å². The van der Waals surface area contributed by atoms with Crippen LogP contribution in [0.1, 0.15) is 178 Å². The van der Waals surface area contributed by atoms with E-state index in [0.29, 0.717) is 79.1 Å². The second kappa shape index (κ2) is 25.3. The molecule has 17 nitrogen and oxygen atoms in total. The Morgan fingerprint density at radius 3 is 2.32 bits per heavy atom. The van der Waals surface area contributed by atoms with Gasteiger partial charge in [-0.3, -0.25) is 28.9 Å². The predicted molar refractivity (Wildman–Crippen MR) is 332 cm³/mol. The molecular formula is C70H88N6O11. The van der Waals surface area contributed by atoms with Gasteiger partial charge in [-0.1, -0.05) is 70.6 Å². The van der Waals surface area contributed by atoms with Crippen LogP contribution in [0.5, 0.6) is 5.75 Å². The zero-order valence-corrected chi connectivity index (χ0v) is 52.5. The van der Waals surface area contributed by atoms with E-state index in [4.69, 9.17) is 23.9 Å². The Kier molecular flexibility index (Phi) is 17.9. The van der Waals surface area contributed by atoms with Crippen LogP contribution in [0.3, 0.4) is 0 Å². The fourth-order valence-electron chi connectivity index (χ4n) is 16.2. The number of aromatic nitrogens is 2. The molecule has 11 rings (SSSR count). The van der Waals surface area contributed by atoms with Crippen LogP contribution in [0, 0.1) is 17.3 Å². The van der Waals surface area contributed by atoms with Crippen molar-refractivity contribution in [1.29, 1.82) is 0 Å². The molecule has 17 heteroatoms. The summed E-state index contributed by atoms with van der Waals surface area (Å²) in [5, 5.41) is 0.811. The predicted octanol–water partition coefficient (Wildman–Crippen LogP) is 11.3. The number of ketones is 2. The lowest BCUT2D eigenvalue weighted by molar-refractivity contribution is -0.189. The quantitative estimate of drug-likeness (QED) is 0.0383. The molecule has 0 N–H and O–H groups in total. The van der Waals surface area contributed by atoms with Crippen LogP contribution < -0.4 is 15.2 Å². The molecule has 1 saturated heterocycles. The van der Waals surface area contributed by atoms with Crippen LogP contribution in [0.15, 0.2) is 76.1 Å². The van der Waals surface area contributed by atoms with Crippen molar-refractivity contribution < 1.29 is 47.7 Å². The normalized spacial score (nSPS) is 24.8. The molecule has 3 aliphatic heterocycles. The summed E-state index contributed by atoms with van der Waals surface area (Å²) in [6.07, 6.45) is 14.9. The van der Waals surface area contributed by atoms with Gasteiger partial charge in [0.1, 0.15) is 12.4 Å². The number of fused-ring (bicyclic) bond motifs is 9. The number of carbonyl (C=O) groups is 6. The van der Waals surface area contributed by atoms with Gasteiger partial charge in [-0.25, -0.2) is 14.6 Å². The van der Waals surface area contributed by atoms with E-state index < -0.39 is 40.6 Å². The molecule has 0 radical (unpaired) electrons. The van der Waals surface area contributed by atoms with Crippen LogP contribution in [-0.2, 0) is 63.5 Å². The van der Waals surface area contributed by atoms with E-state index in [-0.39, 0.29) is 60.9 Å². The summed E-state index contributed by atoms with van der Waals surface area (Å²) in [5.41, 5.74) is 6.73. The molecule has 0 unspecified atom stereocenters. The third kappa shape index (κ3) is 11.6. The summed E-state index contributed by atoms with van der Waals surface area (Å²) in [6, 6.07) is 16.4. The number of nitrogens with zero attached hydrogens (tertiary/aromatic N) is 6. The van der Waals surface area contributed by atoms with Gasteiger partial charge < -0.3 is 38.2 Å². The topological polar surface area (TPSA) is 187 Å². The number of rotatable bonds is 21. The Hall–Kier alpha value is -6.98. The molecule has 2 aromatic carbocycles. The number of ether oxygens (including phenoxy) is 4. The maximum absolute atomic E-state index is 14.3. The first kappa shape index (κ1) is 61.7. The summed E-state index contributed by atoms with van der Waals surface area (Å²) in [6.45, 7) is 14.1. The minimum absolute atomic E-state index is 0.0533. The Bertz CT molecular complexity index is 3500. The molecule has 7 aliphatic rings. The number of pyridine rings is 2. The van der Waals surface area contributed by atoms with E-state index in [0.717, 1.165) is 119 Å². The molecule has 3 fully saturated rings. The molecule has 5 heterocycles. The summed E-state index contributed by atoms with van der Waals surface area (Å²) in [5.74, 6) is -0.435. The number of carbonyl (C=O) groups excluding carboxylic acids is 6. The van der Waals surface area contributed by atoms with Crippen molar-refractivity contribution in [2.75, 3.05) is 65.3 Å². The van der Waals surface area contributed by atoms with E-state index in [2.05, 4.69) is 55.0 Å². The number of hydrogen-bond acceptors (Lipinski definition) is 15. The molecule has 87 heavy (non-hydrogen) atoms. The molecule has 0 spiro atoms. The number of allylic oxidation sites excluding steroid dienone is 4. The van der Waals surface area contributed by atoms with Crippen molar-refractivity contribution in [3.8, 4) is 17.1 Å². The van der Waals surface area contributed by atoms with Crippen LogP contribution >= 0.6 is 0 Å². The first-order valence-corrected chi connectivity index (χ1v) is 32.2. The number of amides is 1. The second-order valence-corrected chi connectivity index (χ2v) is 26.3. The van der Waals surface area contributed by atoms with Crippen LogP contribution in [0.2, 0.25) is 0 Å². The van der Waals surface area contributed by atoms with Gasteiger partial charge in [-0.05, 0) is 163 Å². The van der Waals surface area contributed by atoms with Crippen molar-refractivity contribution in [2.45, 2.75) is 181 Å². The van der Waals surface area contributed by atoms with Crippen LogP contribution in [0.4, 0.5) is 10.5 Å². The van der Waals surface area contributed by atoms with E-state index in [1.165, 1.54) is 29.2 Å². The van der Waals surface area contributed by atoms with Gasteiger partial charge in [0, 0.05) is 105 Å². The Morgan fingerprint density at radius 1 is 0.839 bits per heavy atom. The van der Waals surface area contributed by atoms with Crippen molar-refractivity contribution in [3.05, 3.63) is 109 Å². The average molecular weight is 1190 g/mol. The number of anilines is 1. The molecule has 1 amide bonds. The number of cyclic esters (lactones) is 1. The lowest BCUT2D eigenvalue weighted by atomic mass is 9.50. The standard InChI is InChI=1S/C70H88N6O11/c1-9-11-12-15-18-62(80)87-69(10-2)58-39-60-64-48(41-76(60)65(81)56(58)43-84-66(69)82)38-53-55(42-72(6)7)61(28-27-59(53)71-64)85-67(83)75-35-33-74(34-36-75)32-17-14-13-16-31-73(8)49-22-19-46(20-23-49)54-40-68(5)57(29-30-70(68,44(3)77)86-45(4)78)52-25-21-47-37-50(79)24-26-51(47)63(52)54/h19-20,22-23,27-28,37-39,52,54,57H,9-18,21,24-26,29-36,40-43H2,1-8H3/t52-,54+,57-,68-,69-,70-/m0/s1. The average Bonchev–Trinajstić information content (AvgIpc) is 1.65. The van der Waals surface area contributed by atoms with E-state index in [9.17, 15) is 33.6 Å². The summed E-state index contributed by atoms with van der Waals surface area (Å²) in [7, 11) is 6.08. The maximum Gasteiger partial charge on any atom is 0.415 e. The van der Waals surface area contributed by atoms with E-state index >= 15 is 0 Å². The third-order valence-corrected chi connectivity index (χ3v) is 20.7. The van der Waals surface area contributed by atoms with Gasteiger partial charge in [0.15, 0.2) is 17.2 Å². The molecule has 2 saturated carbocycles. The number of Topliss-reactive ketones (excluding diaryl/α,β-unsaturated/α-hetero) is 1. The lowest BCUT2D eigenvalue weighted by Crippen LogP contribution is -2.57. The highest BCUT2D eigenvalue weighted by atomic mass is 16.6. The highest BCUT2D eigenvalue weighted by Gasteiger charge is 2.67. The molecule has 464 valence electrons. The van der Waals surface area contributed by atoms with Crippen LogP contribution in [0.25, 0.3) is 22.3 Å². The van der Waals surface area contributed by atoms with Gasteiger partial charge >= 0.3 is 24.0 Å². The van der Waals surface area contributed by atoms with Gasteiger partial charge in [0.05, 0.1) is 29.0 Å². The van der Waals surface area contributed by atoms with Gasteiger partial charge in [0.25, 0.3) is 5.56 Å². The number of hydrogen-bond donors (Lipinski definition) is 0. The number of unbranched alkanes of at least 4 members (excludes halogenated alkanes) is 6. The van der Waals surface area contributed by atoms with Crippen molar-refractivity contribution >= 4 is 52.2 Å². The van der Waals surface area contributed by atoms with Gasteiger partial charge in [-0.2, -0.15) is 0 Å². The van der Waals surface area contributed by atoms with Gasteiger partial charge in [-0.15, -0.1) is 0 Å². The van der Waals surface area contributed by atoms with Crippen molar-refractivity contribution in [2.24, 2.45) is 17.3 Å². The minimum atomic E-state index is -1.74. The smallest absolute Gasteiger partial charge is 0.415 e. The zero-order chi connectivity index (χ0) is 61.5. The molecule has 0 bridgehead atoms. The fraction of sp³-hybridized carbons (Fsp3) is 0.571. The largest absolute Gasteiger partial charge is 0.457 e. The highest BCUT2D eigenvalue weighted by molar-refractivity contribution is 5.94. The first-order chi connectivity index (χ1) is 41.8. The van der Waals surface area contributed by atoms with Crippen molar-refractivity contribution in [1.82, 2.24) is 24.3 Å². The maximum atomic E-state index is 14.3. The first-order valence-electron chi connectivity index (χ1n) is 32.2. The summed E-state index contributed by atoms with van der Waals surface area (Å²) >= 11 is 0. The van der Waals surface area contributed by atoms with E-state index in [1.54, 1.807) is 35.4 Å². The number of esters is 3. The Morgan fingerprint density at radius 2 is 1.60 bits per heavy atom. The third-order valence-electron chi connectivity index (χ3n) is 20.7. The molecule has 4 aromatic rings. The Balaban J connectivity index is 0.680. The van der Waals surface area contributed by atoms with Gasteiger partial charge in [0.2, 0.25) is 5.60 Å². The van der Waals surface area contributed by atoms with Crippen LogP contribution in [-0.4, -0.2) is 126 Å². The van der Waals surface area contributed by atoms with E-state index in [1.807, 2.05) is 37.2 Å². The second-order valence-electron chi connectivity index (χ2n) is 26.3. The molecule has 6 atom stereocenters. The fourth-order valence-corrected chi connectivity index (χ4v) is 16.2. The zero-order valence-electron chi connectivity index (χ0n) is 52.5. The lowest BCUT2D eigenvalue weighted by Gasteiger charge is -2.55. The minimum Gasteiger partial charge on any atom is -0.457 e. The number of piperazine rings is 1. The summed E-state index contributed by atoms with van der Waals surface area (Å²) < 4.78 is 25.6. The van der Waals surface area contributed by atoms with Crippen molar-refractivity contribution in [3.63, 3.8) is 0 Å².